The average Bonchev–Trinajstić information content (AvgIpc) is 2.31. The zero-order chi connectivity index (χ0) is 11.2. The van der Waals surface area contributed by atoms with Crippen LogP contribution in [0.25, 0.3) is 0 Å². The van der Waals surface area contributed by atoms with Gasteiger partial charge in [0, 0.05) is 18.4 Å². The molecule has 2 N–H and O–H groups in total. The Bertz CT molecular complexity index is 335. The van der Waals surface area contributed by atoms with Gasteiger partial charge in [-0.2, -0.15) is 0 Å². The number of anilines is 1. The quantitative estimate of drug-likeness (QED) is 0.800. The van der Waals surface area contributed by atoms with E-state index in [1.807, 2.05) is 0 Å². The monoisotopic (exact) mass is 220 g/mol. The Morgan fingerprint density at radius 2 is 2.06 bits per heavy atom. The van der Waals surface area contributed by atoms with Crippen molar-refractivity contribution in [2.45, 2.75) is 38.1 Å². The summed E-state index contributed by atoms with van der Waals surface area (Å²) < 4.78 is 0. The molecule has 16 heavy (non-hydrogen) atoms. The van der Waals surface area contributed by atoms with E-state index in [9.17, 15) is 4.79 Å². The minimum Gasteiger partial charge on any atom is -0.335 e. The topological polar surface area (TPSA) is 66.9 Å². The van der Waals surface area contributed by atoms with Crippen molar-refractivity contribution < 1.29 is 4.79 Å². The first-order valence-electron chi connectivity index (χ1n) is 5.68. The van der Waals surface area contributed by atoms with Gasteiger partial charge in [0.25, 0.3) is 0 Å². The smallest absolute Gasteiger partial charge is 0.320 e. The number of aromatic nitrogens is 2. The first kappa shape index (κ1) is 10.9. The molecule has 1 aromatic heterocycles. The highest BCUT2D eigenvalue weighted by Gasteiger charge is 2.15. The molecule has 2 amide bonds. The predicted molar refractivity (Wildman–Crippen MR) is 61.1 cm³/mol. The lowest BCUT2D eigenvalue weighted by atomic mass is 9.96. The van der Waals surface area contributed by atoms with Gasteiger partial charge in [0.2, 0.25) is 0 Å². The summed E-state index contributed by atoms with van der Waals surface area (Å²) in [6.07, 6.45) is 10.5. The molecule has 0 aliphatic heterocycles. The molecule has 0 aromatic carbocycles. The molecule has 1 fully saturated rings. The van der Waals surface area contributed by atoms with Crippen LogP contribution in [0.3, 0.4) is 0 Å². The van der Waals surface area contributed by atoms with Gasteiger partial charge < -0.3 is 5.32 Å². The summed E-state index contributed by atoms with van der Waals surface area (Å²) in [7, 11) is 0. The molecule has 0 spiro atoms. The molecule has 0 unspecified atom stereocenters. The fourth-order valence-corrected chi connectivity index (χ4v) is 1.95. The molecule has 1 aliphatic rings. The number of urea groups is 1. The summed E-state index contributed by atoms with van der Waals surface area (Å²) in [5.41, 5.74) is 0. The number of nitrogens with zero attached hydrogens (tertiary/aromatic N) is 2. The molecule has 0 bridgehead atoms. The average molecular weight is 220 g/mol. The van der Waals surface area contributed by atoms with Gasteiger partial charge in [0.1, 0.15) is 0 Å². The Balaban J connectivity index is 1.80. The minimum atomic E-state index is -0.188. The van der Waals surface area contributed by atoms with E-state index in [0.717, 1.165) is 12.8 Å². The number of carbonyl (C=O) groups excluding carboxylic acids is 1. The molecule has 1 heterocycles. The first-order chi connectivity index (χ1) is 7.84. The molecule has 1 saturated carbocycles. The number of amides is 2. The van der Waals surface area contributed by atoms with E-state index in [4.69, 9.17) is 0 Å². The van der Waals surface area contributed by atoms with Crippen LogP contribution in [-0.2, 0) is 0 Å². The van der Waals surface area contributed by atoms with Crippen LogP contribution in [-0.4, -0.2) is 22.0 Å². The van der Waals surface area contributed by atoms with Crippen LogP contribution in [0, 0.1) is 0 Å². The lowest BCUT2D eigenvalue weighted by molar-refractivity contribution is 0.244. The largest absolute Gasteiger partial charge is 0.335 e. The van der Waals surface area contributed by atoms with Crippen molar-refractivity contribution in [1.29, 1.82) is 0 Å². The summed E-state index contributed by atoms with van der Waals surface area (Å²) in [5, 5.41) is 5.62. The maximum atomic E-state index is 11.6. The van der Waals surface area contributed by atoms with Gasteiger partial charge in [0.15, 0.2) is 5.82 Å². The van der Waals surface area contributed by atoms with Gasteiger partial charge in [0.05, 0.1) is 6.20 Å². The van der Waals surface area contributed by atoms with E-state index < -0.39 is 0 Å². The van der Waals surface area contributed by atoms with Gasteiger partial charge in [-0.05, 0) is 12.8 Å². The van der Waals surface area contributed by atoms with Crippen molar-refractivity contribution in [3.8, 4) is 0 Å². The number of nitrogens with one attached hydrogen (secondary N) is 2. The van der Waals surface area contributed by atoms with Crippen LogP contribution in [0.15, 0.2) is 18.6 Å². The van der Waals surface area contributed by atoms with Crippen LogP contribution < -0.4 is 10.6 Å². The molecule has 5 heteroatoms. The van der Waals surface area contributed by atoms with Gasteiger partial charge >= 0.3 is 6.03 Å². The second-order valence-electron chi connectivity index (χ2n) is 4.02. The normalized spacial score (nSPS) is 16.8. The molecule has 0 saturated heterocycles. The van der Waals surface area contributed by atoms with Crippen molar-refractivity contribution >= 4 is 11.8 Å². The molecule has 1 aliphatic carbocycles. The summed E-state index contributed by atoms with van der Waals surface area (Å²) in [5.74, 6) is 0.482. The third kappa shape index (κ3) is 3.18. The fourth-order valence-electron chi connectivity index (χ4n) is 1.95. The van der Waals surface area contributed by atoms with Crippen LogP contribution in [0.2, 0.25) is 0 Å². The molecule has 0 atom stereocenters. The Hall–Kier alpha value is -1.65. The molecule has 2 rings (SSSR count). The fraction of sp³-hybridized carbons (Fsp3) is 0.545. The summed E-state index contributed by atoms with van der Waals surface area (Å²) in [6.45, 7) is 0. The SMILES string of the molecule is O=C(Nc1cnccn1)NC1CCCCC1. The number of hydrogen-bond donors (Lipinski definition) is 2. The highest BCUT2D eigenvalue weighted by atomic mass is 16.2. The molecular weight excluding hydrogens is 204 g/mol. The third-order valence-electron chi connectivity index (χ3n) is 2.75. The van der Waals surface area contributed by atoms with E-state index in [2.05, 4.69) is 20.6 Å². The van der Waals surface area contributed by atoms with Gasteiger partial charge in [-0.25, -0.2) is 9.78 Å². The summed E-state index contributed by atoms with van der Waals surface area (Å²) in [4.78, 5) is 19.4. The van der Waals surface area contributed by atoms with Gasteiger partial charge in [-0.3, -0.25) is 10.3 Å². The van der Waals surface area contributed by atoms with Crippen molar-refractivity contribution in [2.24, 2.45) is 0 Å². The van der Waals surface area contributed by atoms with E-state index in [-0.39, 0.29) is 6.03 Å². The molecule has 0 radical (unpaired) electrons. The lowest BCUT2D eigenvalue weighted by Gasteiger charge is -2.22. The summed E-state index contributed by atoms with van der Waals surface area (Å²) >= 11 is 0. The van der Waals surface area contributed by atoms with E-state index in [0.29, 0.717) is 11.9 Å². The van der Waals surface area contributed by atoms with Crippen molar-refractivity contribution in [3.63, 3.8) is 0 Å². The standard InChI is InChI=1S/C11H16N4O/c16-11(14-9-4-2-1-3-5-9)15-10-8-12-6-7-13-10/h6-9H,1-5H2,(H2,13,14,15,16). The first-order valence-corrected chi connectivity index (χ1v) is 5.68. The zero-order valence-corrected chi connectivity index (χ0v) is 9.15. The maximum Gasteiger partial charge on any atom is 0.320 e. The maximum absolute atomic E-state index is 11.6. The minimum absolute atomic E-state index is 0.188. The Morgan fingerprint density at radius 1 is 1.25 bits per heavy atom. The highest BCUT2D eigenvalue weighted by molar-refractivity contribution is 5.88. The predicted octanol–water partition coefficient (Wildman–Crippen LogP) is 1.93. The Kier molecular flexibility index (Phi) is 3.69. The Labute approximate surface area is 94.7 Å². The lowest BCUT2D eigenvalue weighted by Crippen LogP contribution is -2.39. The second-order valence-corrected chi connectivity index (χ2v) is 4.02. The van der Waals surface area contributed by atoms with E-state index >= 15 is 0 Å². The molecule has 5 nitrogen and oxygen atoms in total. The van der Waals surface area contributed by atoms with Crippen LogP contribution in [0.4, 0.5) is 10.6 Å². The van der Waals surface area contributed by atoms with Gasteiger partial charge in [-0.1, -0.05) is 19.3 Å². The van der Waals surface area contributed by atoms with Crippen LogP contribution in [0.1, 0.15) is 32.1 Å². The van der Waals surface area contributed by atoms with Crippen LogP contribution in [0.5, 0.6) is 0 Å². The van der Waals surface area contributed by atoms with Crippen molar-refractivity contribution in [3.05, 3.63) is 18.6 Å². The highest BCUT2D eigenvalue weighted by Crippen LogP contribution is 2.17. The number of carbonyl (C=O) groups is 1. The second kappa shape index (κ2) is 5.44. The summed E-state index contributed by atoms with van der Waals surface area (Å²) in [6, 6.07) is 0.123. The third-order valence-corrected chi connectivity index (χ3v) is 2.75. The van der Waals surface area contributed by atoms with E-state index in [1.54, 1.807) is 12.4 Å². The van der Waals surface area contributed by atoms with Crippen LogP contribution >= 0.6 is 0 Å². The van der Waals surface area contributed by atoms with Gasteiger partial charge in [-0.15, -0.1) is 0 Å². The molecule has 86 valence electrons. The molecular formula is C11H16N4O. The van der Waals surface area contributed by atoms with Crippen molar-refractivity contribution in [1.82, 2.24) is 15.3 Å². The number of rotatable bonds is 2. The van der Waals surface area contributed by atoms with E-state index in [1.165, 1.54) is 25.5 Å². The zero-order valence-electron chi connectivity index (χ0n) is 9.15. The van der Waals surface area contributed by atoms with Crippen molar-refractivity contribution in [2.75, 3.05) is 5.32 Å². The molecule has 1 aromatic rings. The number of hydrogen-bond acceptors (Lipinski definition) is 3. The Morgan fingerprint density at radius 3 is 2.75 bits per heavy atom.